The molecule has 3 aromatic carbocycles. The highest BCUT2D eigenvalue weighted by molar-refractivity contribution is 5.99. The molecular weight excluding hydrogens is 350 g/mol. The molecular formula is C24H21NO3. The van der Waals surface area contributed by atoms with Crippen LogP contribution < -0.4 is 5.32 Å². The average Bonchev–Trinajstić information content (AvgIpc) is 3.04. The minimum atomic E-state index is -0.468. The van der Waals surface area contributed by atoms with Gasteiger partial charge in [-0.25, -0.2) is 4.79 Å². The lowest BCUT2D eigenvalue weighted by Gasteiger charge is -2.22. The van der Waals surface area contributed by atoms with Crippen molar-refractivity contribution >= 4 is 11.9 Å². The Labute approximate surface area is 164 Å². The first-order chi connectivity index (χ1) is 13.6. The summed E-state index contributed by atoms with van der Waals surface area (Å²) in [6, 6.07) is 24.2. The van der Waals surface area contributed by atoms with Crippen molar-refractivity contribution in [2.24, 2.45) is 0 Å². The summed E-state index contributed by atoms with van der Waals surface area (Å²) < 4.78 is 5.88. The third-order valence-electron chi connectivity index (χ3n) is 5.04. The van der Waals surface area contributed by atoms with Crippen molar-refractivity contribution in [3.05, 3.63) is 107 Å². The SMILES string of the molecule is Cc1ccc([C@H](C[C@@H]2NC(=O)c3ccccc32)OC(=O)c2ccccc2)cc1. The lowest BCUT2D eigenvalue weighted by atomic mass is 9.96. The van der Waals surface area contributed by atoms with E-state index in [1.54, 1.807) is 12.1 Å². The van der Waals surface area contributed by atoms with Crippen LogP contribution in [0.2, 0.25) is 0 Å². The van der Waals surface area contributed by atoms with Gasteiger partial charge in [0.1, 0.15) is 6.10 Å². The van der Waals surface area contributed by atoms with Crippen LogP contribution in [0.15, 0.2) is 78.9 Å². The fraction of sp³-hybridized carbons (Fsp3) is 0.167. The van der Waals surface area contributed by atoms with Gasteiger partial charge >= 0.3 is 5.97 Å². The number of fused-ring (bicyclic) bond motifs is 1. The number of ether oxygens (including phenoxy) is 1. The van der Waals surface area contributed by atoms with Crippen molar-refractivity contribution in [3.63, 3.8) is 0 Å². The van der Waals surface area contributed by atoms with Gasteiger partial charge in [-0.05, 0) is 36.2 Å². The summed E-state index contributed by atoms with van der Waals surface area (Å²) in [5.74, 6) is -0.457. The smallest absolute Gasteiger partial charge is 0.338 e. The van der Waals surface area contributed by atoms with Crippen LogP contribution in [-0.2, 0) is 4.74 Å². The molecule has 1 aliphatic heterocycles. The molecule has 0 aromatic heterocycles. The van der Waals surface area contributed by atoms with Crippen LogP contribution in [0.3, 0.4) is 0 Å². The quantitative estimate of drug-likeness (QED) is 0.658. The molecule has 0 saturated carbocycles. The van der Waals surface area contributed by atoms with Gasteiger partial charge in [0.2, 0.25) is 0 Å². The number of hydrogen-bond acceptors (Lipinski definition) is 3. The molecule has 0 fully saturated rings. The monoisotopic (exact) mass is 371 g/mol. The van der Waals surface area contributed by atoms with Crippen LogP contribution >= 0.6 is 0 Å². The Morgan fingerprint density at radius 2 is 1.64 bits per heavy atom. The summed E-state index contributed by atoms with van der Waals surface area (Å²) in [6.07, 6.45) is 0.00876. The van der Waals surface area contributed by atoms with Crippen molar-refractivity contribution in [1.29, 1.82) is 0 Å². The largest absolute Gasteiger partial charge is 0.454 e. The number of rotatable bonds is 5. The minimum absolute atomic E-state index is 0.0855. The van der Waals surface area contributed by atoms with Crippen molar-refractivity contribution in [1.82, 2.24) is 5.32 Å². The van der Waals surface area contributed by atoms with Gasteiger partial charge in [0.05, 0.1) is 11.6 Å². The number of amides is 1. The van der Waals surface area contributed by atoms with Gasteiger partial charge in [-0.15, -0.1) is 0 Å². The van der Waals surface area contributed by atoms with E-state index in [0.29, 0.717) is 17.5 Å². The Kier molecular flexibility index (Phi) is 4.94. The van der Waals surface area contributed by atoms with E-state index in [1.807, 2.05) is 73.7 Å². The van der Waals surface area contributed by atoms with Crippen LogP contribution in [0.25, 0.3) is 0 Å². The second-order valence-electron chi connectivity index (χ2n) is 7.02. The van der Waals surface area contributed by atoms with Crippen molar-refractivity contribution in [2.75, 3.05) is 0 Å². The highest BCUT2D eigenvalue weighted by atomic mass is 16.5. The van der Waals surface area contributed by atoms with Crippen molar-refractivity contribution in [3.8, 4) is 0 Å². The van der Waals surface area contributed by atoms with Crippen LogP contribution in [0, 0.1) is 6.92 Å². The summed E-state index contributed by atoms with van der Waals surface area (Å²) in [4.78, 5) is 24.9. The van der Waals surface area contributed by atoms with Gasteiger partial charge < -0.3 is 10.1 Å². The number of aryl methyl sites for hydroxylation is 1. The summed E-state index contributed by atoms with van der Waals surface area (Å²) in [5.41, 5.74) is 4.19. The van der Waals surface area contributed by atoms with Gasteiger partial charge in [-0.2, -0.15) is 0 Å². The van der Waals surface area contributed by atoms with Crippen molar-refractivity contribution in [2.45, 2.75) is 25.5 Å². The number of carbonyl (C=O) groups is 2. The third kappa shape index (κ3) is 3.67. The van der Waals surface area contributed by atoms with Crippen molar-refractivity contribution < 1.29 is 14.3 Å². The van der Waals surface area contributed by atoms with Crippen LogP contribution in [0.4, 0.5) is 0 Å². The highest BCUT2D eigenvalue weighted by Gasteiger charge is 2.32. The zero-order valence-corrected chi connectivity index (χ0v) is 15.6. The predicted molar refractivity (Wildman–Crippen MR) is 107 cm³/mol. The zero-order chi connectivity index (χ0) is 19.5. The predicted octanol–water partition coefficient (Wildman–Crippen LogP) is 4.77. The molecule has 0 spiro atoms. The van der Waals surface area contributed by atoms with E-state index >= 15 is 0 Å². The molecule has 4 nitrogen and oxygen atoms in total. The van der Waals surface area contributed by atoms with E-state index in [9.17, 15) is 9.59 Å². The van der Waals surface area contributed by atoms with Gasteiger partial charge in [-0.1, -0.05) is 66.2 Å². The van der Waals surface area contributed by atoms with E-state index in [2.05, 4.69) is 5.32 Å². The molecule has 1 heterocycles. The molecule has 28 heavy (non-hydrogen) atoms. The van der Waals surface area contributed by atoms with E-state index in [0.717, 1.165) is 16.7 Å². The van der Waals surface area contributed by atoms with E-state index < -0.39 is 6.10 Å². The van der Waals surface area contributed by atoms with Gasteiger partial charge in [0.15, 0.2) is 0 Å². The second kappa shape index (κ2) is 7.69. The summed E-state index contributed by atoms with van der Waals surface area (Å²) >= 11 is 0. The molecule has 1 aliphatic rings. The number of benzene rings is 3. The molecule has 0 aliphatic carbocycles. The second-order valence-corrected chi connectivity index (χ2v) is 7.02. The Hall–Kier alpha value is -3.40. The molecule has 4 heteroatoms. The molecule has 1 amide bonds. The van der Waals surface area contributed by atoms with Gasteiger partial charge in [0.25, 0.3) is 5.91 Å². The summed E-state index contributed by atoms with van der Waals surface area (Å²) in [6.45, 7) is 2.02. The molecule has 2 atom stereocenters. The maximum absolute atomic E-state index is 12.7. The first-order valence-corrected chi connectivity index (χ1v) is 9.34. The Balaban J connectivity index is 1.61. The first kappa shape index (κ1) is 18.0. The fourth-order valence-corrected chi connectivity index (χ4v) is 3.53. The maximum atomic E-state index is 12.7. The van der Waals surface area contributed by atoms with Crippen LogP contribution in [-0.4, -0.2) is 11.9 Å². The zero-order valence-electron chi connectivity index (χ0n) is 15.6. The van der Waals surface area contributed by atoms with Gasteiger partial charge in [0, 0.05) is 12.0 Å². The maximum Gasteiger partial charge on any atom is 0.338 e. The normalized spacial score (nSPS) is 16.2. The topological polar surface area (TPSA) is 55.4 Å². The Bertz CT molecular complexity index is 996. The van der Waals surface area contributed by atoms with E-state index in [1.165, 1.54) is 0 Å². The lowest BCUT2D eigenvalue weighted by Crippen LogP contribution is -2.23. The molecule has 140 valence electrons. The molecule has 3 aromatic rings. The van der Waals surface area contributed by atoms with E-state index in [4.69, 9.17) is 4.74 Å². The molecule has 0 saturated heterocycles. The number of hydrogen-bond donors (Lipinski definition) is 1. The lowest BCUT2D eigenvalue weighted by molar-refractivity contribution is 0.0254. The number of carbonyl (C=O) groups excluding carboxylic acids is 2. The molecule has 4 rings (SSSR count). The van der Waals surface area contributed by atoms with Crippen LogP contribution in [0.5, 0.6) is 0 Å². The fourth-order valence-electron chi connectivity index (χ4n) is 3.53. The summed E-state index contributed by atoms with van der Waals surface area (Å²) in [7, 11) is 0. The number of esters is 1. The minimum Gasteiger partial charge on any atom is -0.454 e. The highest BCUT2D eigenvalue weighted by Crippen LogP contribution is 2.35. The summed E-state index contributed by atoms with van der Waals surface area (Å²) in [5, 5.41) is 3.01. The average molecular weight is 371 g/mol. The third-order valence-corrected chi connectivity index (χ3v) is 5.04. The van der Waals surface area contributed by atoms with Gasteiger partial charge in [-0.3, -0.25) is 4.79 Å². The molecule has 0 radical (unpaired) electrons. The first-order valence-electron chi connectivity index (χ1n) is 9.34. The van der Waals surface area contributed by atoms with Crippen LogP contribution in [0.1, 0.15) is 56.0 Å². The Morgan fingerprint density at radius 3 is 2.39 bits per heavy atom. The van der Waals surface area contributed by atoms with E-state index in [-0.39, 0.29) is 17.9 Å². The Morgan fingerprint density at radius 1 is 0.964 bits per heavy atom. The molecule has 0 bridgehead atoms. The molecule has 1 N–H and O–H groups in total. The standard InChI is InChI=1S/C24H21NO3/c1-16-11-13-17(14-12-16)22(28-24(27)18-7-3-2-4-8-18)15-21-19-9-5-6-10-20(19)23(26)25-21/h2-14,21-22H,15H2,1H3,(H,25,26)/t21-,22-/m0/s1. The number of nitrogens with one attached hydrogen (secondary N) is 1. The molecule has 0 unspecified atom stereocenters.